The number of hydrogen-bond donors (Lipinski definition) is 3. The molecule has 0 spiro atoms. The number of aliphatic imine (C=N–C) groups is 1. The van der Waals surface area contributed by atoms with E-state index in [-0.39, 0.29) is 5.91 Å². The molecule has 1 amide bonds. The lowest BCUT2D eigenvalue weighted by atomic mass is 10.2. The maximum atomic E-state index is 12.1. The van der Waals surface area contributed by atoms with Crippen LogP contribution in [0.25, 0.3) is 0 Å². The van der Waals surface area contributed by atoms with Gasteiger partial charge in [-0.05, 0) is 38.1 Å². The van der Waals surface area contributed by atoms with Gasteiger partial charge >= 0.3 is 0 Å². The Labute approximate surface area is 167 Å². The van der Waals surface area contributed by atoms with Gasteiger partial charge in [0.2, 0.25) is 5.91 Å². The monoisotopic (exact) mass is 397 g/mol. The first-order valence-electron chi connectivity index (χ1n) is 9.15. The molecule has 152 valence electrons. The minimum atomic E-state index is -0.0683. The van der Waals surface area contributed by atoms with Crippen LogP contribution in [0.5, 0.6) is 0 Å². The zero-order valence-electron chi connectivity index (χ0n) is 16.8. The van der Waals surface area contributed by atoms with Crippen LogP contribution in [0.3, 0.4) is 0 Å². The molecule has 0 aliphatic rings. The number of carbonyl (C=O) groups is 1. The number of hydrogen-bond acceptors (Lipinski definition) is 4. The van der Waals surface area contributed by atoms with E-state index in [1.807, 2.05) is 19.1 Å². The lowest BCUT2D eigenvalue weighted by Crippen LogP contribution is -2.42. The van der Waals surface area contributed by atoms with Crippen molar-refractivity contribution in [1.82, 2.24) is 15.5 Å². The quantitative estimate of drug-likeness (QED) is 0.303. The summed E-state index contributed by atoms with van der Waals surface area (Å²) in [5, 5.41) is 9.93. The maximum Gasteiger partial charge on any atom is 0.226 e. The van der Waals surface area contributed by atoms with E-state index in [0.29, 0.717) is 23.9 Å². The number of amides is 1. The molecule has 8 heteroatoms. The average molecular weight is 398 g/mol. The standard InChI is InChI=1S/C19H32ClN5O2/c1-15-16(20)7-5-8-17(15)24-18(26)9-10-22-19(21-2)23-11-13-25(3)12-6-14-27-4/h5,7-8H,6,9-14H2,1-4H3,(H,24,26)(H2,21,22,23). The van der Waals surface area contributed by atoms with Gasteiger partial charge < -0.3 is 25.6 Å². The third-order valence-electron chi connectivity index (χ3n) is 4.08. The average Bonchev–Trinajstić information content (AvgIpc) is 2.64. The molecule has 0 fully saturated rings. The summed E-state index contributed by atoms with van der Waals surface area (Å²) in [4.78, 5) is 18.5. The van der Waals surface area contributed by atoms with Crippen LogP contribution < -0.4 is 16.0 Å². The third-order valence-corrected chi connectivity index (χ3v) is 4.49. The zero-order valence-corrected chi connectivity index (χ0v) is 17.5. The van der Waals surface area contributed by atoms with E-state index in [1.165, 1.54) is 0 Å². The van der Waals surface area contributed by atoms with Crippen molar-refractivity contribution in [3.05, 3.63) is 28.8 Å². The zero-order chi connectivity index (χ0) is 20.1. The highest BCUT2D eigenvalue weighted by molar-refractivity contribution is 6.31. The summed E-state index contributed by atoms with van der Waals surface area (Å²) in [6.45, 7) is 5.82. The van der Waals surface area contributed by atoms with Gasteiger partial charge in [0.1, 0.15) is 0 Å². The Morgan fingerprint density at radius 1 is 1.26 bits per heavy atom. The van der Waals surface area contributed by atoms with Gasteiger partial charge in [-0.15, -0.1) is 0 Å². The summed E-state index contributed by atoms with van der Waals surface area (Å²) in [6, 6.07) is 5.47. The summed E-state index contributed by atoms with van der Waals surface area (Å²) in [7, 11) is 5.51. The molecular formula is C19H32ClN5O2. The van der Waals surface area contributed by atoms with Gasteiger partial charge in [0.15, 0.2) is 5.96 Å². The van der Waals surface area contributed by atoms with Crippen molar-refractivity contribution in [3.63, 3.8) is 0 Å². The first-order valence-corrected chi connectivity index (χ1v) is 9.52. The van der Waals surface area contributed by atoms with E-state index in [1.54, 1.807) is 20.2 Å². The molecule has 0 aliphatic carbocycles. The number of anilines is 1. The molecule has 0 saturated heterocycles. The Morgan fingerprint density at radius 3 is 2.70 bits per heavy atom. The van der Waals surface area contributed by atoms with E-state index < -0.39 is 0 Å². The van der Waals surface area contributed by atoms with Crippen LogP contribution in [0.2, 0.25) is 5.02 Å². The second kappa shape index (κ2) is 13.4. The Kier molecular flexibility index (Phi) is 11.5. The molecule has 3 N–H and O–H groups in total. The largest absolute Gasteiger partial charge is 0.385 e. The first kappa shape index (κ1) is 23.2. The second-order valence-electron chi connectivity index (χ2n) is 6.29. The van der Waals surface area contributed by atoms with Gasteiger partial charge in [0.05, 0.1) is 0 Å². The van der Waals surface area contributed by atoms with Crippen molar-refractivity contribution in [2.24, 2.45) is 4.99 Å². The predicted molar refractivity (Wildman–Crippen MR) is 113 cm³/mol. The normalized spacial score (nSPS) is 11.6. The molecular weight excluding hydrogens is 366 g/mol. The molecule has 0 saturated carbocycles. The number of ether oxygens (including phenoxy) is 1. The SMILES string of the molecule is CN=C(NCCC(=O)Nc1cccc(Cl)c1C)NCCN(C)CCCOC. The number of benzene rings is 1. The van der Waals surface area contributed by atoms with Crippen molar-refractivity contribution in [1.29, 1.82) is 0 Å². The highest BCUT2D eigenvalue weighted by Gasteiger charge is 2.07. The number of likely N-dealkylation sites (N-methyl/N-ethyl adjacent to an activating group) is 1. The van der Waals surface area contributed by atoms with Gasteiger partial charge in [-0.1, -0.05) is 17.7 Å². The van der Waals surface area contributed by atoms with Crippen LogP contribution in [-0.2, 0) is 9.53 Å². The van der Waals surface area contributed by atoms with Gasteiger partial charge in [-0.2, -0.15) is 0 Å². The van der Waals surface area contributed by atoms with Crippen LogP contribution in [0.1, 0.15) is 18.4 Å². The van der Waals surface area contributed by atoms with Crippen LogP contribution in [0.4, 0.5) is 5.69 Å². The van der Waals surface area contributed by atoms with Crippen molar-refractivity contribution >= 4 is 29.2 Å². The fourth-order valence-corrected chi connectivity index (χ4v) is 2.60. The van der Waals surface area contributed by atoms with Gasteiger partial charge in [0, 0.05) is 64.1 Å². The number of nitrogens with zero attached hydrogens (tertiary/aromatic N) is 2. The van der Waals surface area contributed by atoms with Crippen LogP contribution >= 0.6 is 11.6 Å². The smallest absolute Gasteiger partial charge is 0.226 e. The predicted octanol–water partition coefficient (Wildman–Crippen LogP) is 2.11. The Morgan fingerprint density at radius 2 is 2.00 bits per heavy atom. The number of methoxy groups -OCH3 is 1. The minimum absolute atomic E-state index is 0.0683. The Hall–Kier alpha value is -1.83. The van der Waals surface area contributed by atoms with Crippen molar-refractivity contribution in [2.45, 2.75) is 19.8 Å². The summed E-state index contributed by atoms with van der Waals surface area (Å²) in [5.41, 5.74) is 1.61. The molecule has 27 heavy (non-hydrogen) atoms. The third kappa shape index (κ3) is 9.60. The molecule has 0 unspecified atom stereocenters. The van der Waals surface area contributed by atoms with Gasteiger partial charge in [-0.3, -0.25) is 9.79 Å². The van der Waals surface area contributed by atoms with Gasteiger partial charge in [-0.25, -0.2) is 0 Å². The summed E-state index contributed by atoms with van der Waals surface area (Å²) in [6.07, 6.45) is 1.35. The Balaban J connectivity index is 2.24. The van der Waals surface area contributed by atoms with E-state index >= 15 is 0 Å². The fraction of sp³-hybridized carbons (Fsp3) is 0.579. The molecule has 0 aliphatic heterocycles. The molecule has 0 atom stereocenters. The number of rotatable bonds is 11. The molecule has 7 nitrogen and oxygen atoms in total. The molecule has 0 radical (unpaired) electrons. The molecule has 1 rings (SSSR count). The summed E-state index contributed by atoms with van der Waals surface area (Å²) >= 11 is 6.07. The van der Waals surface area contributed by atoms with Crippen LogP contribution in [-0.4, -0.2) is 70.8 Å². The molecule has 1 aromatic carbocycles. The highest BCUT2D eigenvalue weighted by Crippen LogP contribution is 2.22. The number of carbonyl (C=O) groups excluding carboxylic acids is 1. The second-order valence-corrected chi connectivity index (χ2v) is 6.69. The van der Waals surface area contributed by atoms with Crippen molar-refractivity contribution in [2.75, 3.05) is 59.3 Å². The number of guanidine groups is 1. The summed E-state index contributed by atoms with van der Waals surface area (Å²) in [5.74, 6) is 0.619. The molecule has 0 heterocycles. The van der Waals surface area contributed by atoms with E-state index in [0.717, 1.165) is 43.9 Å². The van der Waals surface area contributed by atoms with E-state index in [2.05, 4.69) is 32.9 Å². The van der Waals surface area contributed by atoms with Crippen molar-refractivity contribution in [3.8, 4) is 0 Å². The lowest BCUT2D eigenvalue weighted by Gasteiger charge is -2.18. The number of halogens is 1. The first-order chi connectivity index (χ1) is 13.0. The van der Waals surface area contributed by atoms with Crippen LogP contribution in [0, 0.1) is 6.92 Å². The van der Waals surface area contributed by atoms with Crippen LogP contribution in [0.15, 0.2) is 23.2 Å². The fourth-order valence-electron chi connectivity index (χ4n) is 2.43. The number of nitrogens with one attached hydrogen (secondary N) is 3. The molecule has 1 aromatic rings. The minimum Gasteiger partial charge on any atom is -0.385 e. The van der Waals surface area contributed by atoms with Gasteiger partial charge in [0.25, 0.3) is 0 Å². The maximum absolute atomic E-state index is 12.1. The molecule has 0 aromatic heterocycles. The van der Waals surface area contributed by atoms with Crippen molar-refractivity contribution < 1.29 is 9.53 Å². The Bertz CT molecular complexity index is 610. The summed E-state index contributed by atoms with van der Waals surface area (Å²) < 4.78 is 5.06. The lowest BCUT2D eigenvalue weighted by molar-refractivity contribution is -0.116. The van der Waals surface area contributed by atoms with E-state index in [4.69, 9.17) is 16.3 Å². The molecule has 0 bridgehead atoms. The topological polar surface area (TPSA) is 78.0 Å². The van der Waals surface area contributed by atoms with E-state index in [9.17, 15) is 4.79 Å². The highest BCUT2D eigenvalue weighted by atomic mass is 35.5.